The molecule has 2 aromatic carbocycles. The number of carbonyl (C=O) groups is 1. The van der Waals surface area contributed by atoms with Crippen molar-refractivity contribution in [3.05, 3.63) is 57.6 Å². The number of aromatic nitrogens is 1. The van der Waals surface area contributed by atoms with Gasteiger partial charge in [-0.05, 0) is 42.8 Å². The molecule has 124 valence electrons. The molecule has 24 heavy (non-hydrogen) atoms. The van der Waals surface area contributed by atoms with E-state index in [-0.39, 0.29) is 11.6 Å². The summed E-state index contributed by atoms with van der Waals surface area (Å²) < 4.78 is 44.4. The molecular weight excluding hydrogens is 389 g/mol. The highest BCUT2D eigenvalue weighted by Gasteiger charge is 2.31. The van der Waals surface area contributed by atoms with Crippen molar-refractivity contribution in [2.24, 2.45) is 0 Å². The third-order valence-electron chi connectivity index (χ3n) is 3.34. The monoisotopic (exact) mass is 398 g/mol. The molecule has 0 aliphatic carbocycles. The fourth-order valence-corrected chi connectivity index (χ4v) is 2.44. The van der Waals surface area contributed by atoms with Gasteiger partial charge in [0.1, 0.15) is 5.52 Å². The second-order valence-corrected chi connectivity index (χ2v) is 5.98. The summed E-state index contributed by atoms with van der Waals surface area (Å²) >= 11 is 3.36. The van der Waals surface area contributed by atoms with Crippen molar-refractivity contribution in [2.45, 2.75) is 13.1 Å². The minimum atomic E-state index is -4.52. The zero-order valence-electron chi connectivity index (χ0n) is 12.2. The van der Waals surface area contributed by atoms with Gasteiger partial charge in [-0.3, -0.25) is 10.1 Å². The first-order valence-corrected chi connectivity index (χ1v) is 7.58. The summed E-state index contributed by atoms with van der Waals surface area (Å²) in [5, 5.41) is 2.37. The molecule has 1 heterocycles. The van der Waals surface area contributed by atoms with E-state index in [1.54, 1.807) is 12.1 Å². The predicted molar refractivity (Wildman–Crippen MR) is 85.8 cm³/mol. The van der Waals surface area contributed by atoms with Crippen LogP contribution in [-0.4, -0.2) is 10.9 Å². The normalized spacial score (nSPS) is 11.7. The quantitative estimate of drug-likeness (QED) is 0.647. The number of fused-ring (bicyclic) bond motifs is 1. The van der Waals surface area contributed by atoms with Gasteiger partial charge < -0.3 is 4.42 Å². The van der Waals surface area contributed by atoms with Crippen LogP contribution in [0.5, 0.6) is 0 Å². The van der Waals surface area contributed by atoms with Crippen molar-refractivity contribution in [1.82, 2.24) is 4.98 Å². The Bertz CT molecular complexity index is 896. The highest BCUT2D eigenvalue weighted by Crippen LogP contribution is 2.30. The van der Waals surface area contributed by atoms with Gasteiger partial charge in [0.2, 0.25) is 0 Å². The van der Waals surface area contributed by atoms with E-state index in [0.29, 0.717) is 11.1 Å². The van der Waals surface area contributed by atoms with Gasteiger partial charge in [-0.2, -0.15) is 18.2 Å². The van der Waals surface area contributed by atoms with E-state index >= 15 is 0 Å². The van der Waals surface area contributed by atoms with Gasteiger partial charge in [-0.15, -0.1) is 0 Å². The second kappa shape index (κ2) is 5.94. The van der Waals surface area contributed by atoms with Crippen LogP contribution in [0.15, 0.2) is 45.3 Å². The summed E-state index contributed by atoms with van der Waals surface area (Å²) in [6, 6.07) is 7.53. The summed E-state index contributed by atoms with van der Waals surface area (Å²) in [5.74, 6) is -0.733. The van der Waals surface area contributed by atoms with E-state index in [1.807, 2.05) is 6.92 Å². The first-order valence-electron chi connectivity index (χ1n) is 6.79. The number of aryl methyl sites for hydroxylation is 1. The third kappa shape index (κ3) is 3.28. The first-order chi connectivity index (χ1) is 11.2. The average molecular weight is 399 g/mol. The molecule has 8 heteroatoms. The molecule has 0 fully saturated rings. The van der Waals surface area contributed by atoms with Gasteiger partial charge in [-0.25, -0.2) is 0 Å². The SMILES string of the molecule is Cc1cc2oc(NC(=O)c3cccc(C(F)(F)F)c3)nc2cc1Br. The van der Waals surface area contributed by atoms with Crippen LogP contribution in [0, 0.1) is 6.92 Å². The molecule has 0 bridgehead atoms. The van der Waals surface area contributed by atoms with Crippen LogP contribution >= 0.6 is 15.9 Å². The Morgan fingerprint density at radius 1 is 1.25 bits per heavy atom. The molecule has 3 rings (SSSR count). The Labute approximate surface area is 142 Å². The van der Waals surface area contributed by atoms with Crippen LogP contribution < -0.4 is 5.32 Å². The highest BCUT2D eigenvalue weighted by atomic mass is 79.9. The lowest BCUT2D eigenvalue weighted by molar-refractivity contribution is -0.137. The Morgan fingerprint density at radius 2 is 2.00 bits per heavy atom. The fraction of sp³-hybridized carbons (Fsp3) is 0.125. The summed E-state index contributed by atoms with van der Waals surface area (Å²) in [6.07, 6.45) is -4.52. The highest BCUT2D eigenvalue weighted by molar-refractivity contribution is 9.10. The van der Waals surface area contributed by atoms with Crippen LogP contribution in [0.2, 0.25) is 0 Å². The number of carbonyl (C=O) groups excluding carboxylic acids is 1. The molecule has 0 saturated heterocycles. The van der Waals surface area contributed by atoms with Crippen LogP contribution in [0.4, 0.5) is 19.2 Å². The van der Waals surface area contributed by atoms with Crippen LogP contribution in [-0.2, 0) is 6.18 Å². The van der Waals surface area contributed by atoms with Gasteiger partial charge in [0, 0.05) is 10.0 Å². The number of halogens is 4. The number of nitrogens with one attached hydrogen (secondary N) is 1. The molecule has 0 atom stereocenters. The Morgan fingerprint density at radius 3 is 2.71 bits per heavy atom. The van der Waals surface area contributed by atoms with Crippen molar-refractivity contribution in [2.75, 3.05) is 5.32 Å². The van der Waals surface area contributed by atoms with Crippen molar-refractivity contribution in [3.8, 4) is 0 Å². The van der Waals surface area contributed by atoms with Crippen molar-refractivity contribution in [3.63, 3.8) is 0 Å². The zero-order valence-corrected chi connectivity index (χ0v) is 13.8. The fourth-order valence-electron chi connectivity index (χ4n) is 2.11. The maximum absolute atomic E-state index is 12.7. The molecule has 0 radical (unpaired) electrons. The van der Waals surface area contributed by atoms with Crippen LogP contribution in [0.25, 0.3) is 11.1 Å². The van der Waals surface area contributed by atoms with Crippen molar-refractivity contribution in [1.29, 1.82) is 0 Å². The van der Waals surface area contributed by atoms with Gasteiger partial charge in [0.05, 0.1) is 5.56 Å². The van der Waals surface area contributed by atoms with Gasteiger partial charge in [-0.1, -0.05) is 22.0 Å². The predicted octanol–water partition coefficient (Wildman–Crippen LogP) is 5.17. The summed E-state index contributed by atoms with van der Waals surface area (Å²) in [7, 11) is 0. The number of hydrogen-bond acceptors (Lipinski definition) is 3. The molecule has 1 N–H and O–H groups in total. The number of benzene rings is 2. The van der Waals surface area contributed by atoms with Gasteiger partial charge in [0.15, 0.2) is 5.58 Å². The number of anilines is 1. The number of alkyl halides is 3. The van der Waals surface area contributed by atoms with E-state index in [2.05, 4.69) is 26.2 Å². The number of oxazole rings is 1. The van der Waals surface area contributed by atoms with E-state index in [1.165, 1.54) is 12.1 Å². The van der Waals surface area contributed by atoms with Gasteiger partial charge in [0.25, 0.3) is 5.91 Å². The Balaban J connectivity index is 1.87. The maximum Gasteiger partial charge on any atom is 0.416 e. The minimum Gasteiger partial charge on any atom is -0.423 e. The molecule has 1 aromatic heterocycles. The Kier molecular flexibility index (Phi) is 4.08. The van der Waals surface area contributed by atoms with Gasteiger partial charge >= 0.3 is 12.2 Å². The molecule has 0 saturated carbocycles. The molecule has 0 unspecified atom stereocenters. The lowest BCUT2D eigenvalue weighted by atomic mass is 10.1. The molecule has 0 spiro atoms. The lowest BCUT2D eigenvalue weighted by Crippen LogP contribution is -2.14. The molecular formula is C16H10BrF3N2O2. The number of hydrogen-bond donors (Lipinski definition) is 1. The first kappa shape index (κ1) is 16.5. The average Bonchev–Trinajstić information content (AvgIpc) is 2.88. The number of nitrogens with zero attached hydrogens (tertiary/aromatic N) is 1. The molecule has 4 nitrogen and oxygen atoms in total. The molecule has 0 aliphatic rings. The Hall–Kier alpha value is -2.35. The van der Waals surface area contributed by atoms with E-state index in [4.69, 9.17) is 4.42 Å². The van der Waals surface area contributed by atoms with E-state index in [9.17, 15) is 18.0 Å². The lowest BCUT2D eigenvalue weighted by Gasteiger charge is -2.07. The zero-order chi connectivity index (χ0) is 17.5. The number of rotatable bonds is 2. The standard InChI is InChI=1S/C16H10BrF3N2O2/c1-8-5-13-12(7-11(8)17)21-15(24-13)22-14(23)9-3-2-4-10(6-9)16(18,19)20/h2-7H,1H3,(H,21,22,23). The maximum atomic E-state index is 12.7. The van der Waals surface area contributed by atoms with E-state index in [0.717, 1.165) is 22.2 Å². The van der Waals surface area contributed by atoms with Crippen LogP contribution in [0.1, 0.15) is 21.5 Å². The largest absolute Gasteiger partial charge is 0.423 e. The van der Waals surface area contributed by atoms with E-state index < -0.39 is 17.6 Å². The second-order valence-electron chi connectivity index (χ2n) is 5.12. The van der Waals surface area contributed by atoms with Crippen LogP contribution in [0.3, 0.4) is 0 Å². The molecule has 1 amide bonds. The summed E-state index contributed by atoms with van der Waals surface area (Å²) in [4.78, 5) is 16.2. The summed E-state index contributed by atoms with van der Waals surface area (Å²) in [6.45, 7) is 1.87. The molecule has 3 aromatic rings. The minimum absolute atomic E-state index is 0.0788. The number of amides is 1. The molecule has 0 aliphatic heterocycles. The smallest absolute Gasteiger partial charge is 0.416 e. The van der Waals surface area contributed by atoms with Crippen molar-refractivity contribution >= 4 is 39.0 Å². The third-order valence-corrected chi connectivity index (χ3v) is 4.20. The topological polar surface area (TPSA) is 55.1 Å². The summed E-state index contributed by atoms with van der Waals surface area (Å²) in [5.41, 5.74) is 0.882. The van der Waals surface area contributed by atoms with Crippen molar-refractivity contribution < 1.29 is 22.4 Å².